The lowest BCUT2D eigenvalue weighted by atomic mass is 10.2. The van der Waals surface area contributed by atoms with Gasteiger partial charge in [0.15, 0.2) is 5.65 Å². The van der Waals surface area contributed by atoms with Crippen LogP contribution >= 0.6 is 11.6 Å². The second-order valence-electron chi connectivity index (χ2n) is 5.87. The van der Waals surface area contributed by atoms with Gasteiger partial charge in [0.05, 0.1) is 29.5 Å². The molecule has 3 heterocycles. The lowest BCUT2D eigenvalue weighted by molar-refractivity contribution is 0.471. The molecule has 0 aliphatic rings. The van der Waals surface area contributed by atoms with Crippen LogP contribution in [0.2, 0.25) is 5.02 Å². The Labute approximate surface area is 157 Å². The maximum atomic E-state index is 13.2. The summed E-state index contributed by atoms with van der Waals surface area (Å²) in [4.78, 5) is 34.3. The molecule has 1 N–H and O–H groups in total. The van der Waals surface area contributed by atoms with E-state index in [-0.39, 0.29) is 17.9 Å². The molecule has 3 aromatic heterocycles. The van der Waals surface area contributed by atoms with Crippen LogP contribution in [0.25, 0.3) is 16.7 Å². The van der Waals surface area contributed by atoms with Crippen LogP contribution in [-0.4, -0.2) is 24.2 Å². The molecule has 0 aliphatic carbocycles. The van der Waals surface area contributed by atoms with Crippen molar-refractivity contribution in [3.63, 3.8) is 0 Å². The highest BCUT2D eigenvalue weighted by Crippen LogP contribution is 2.16. The molecule has 0 bridgehead atoms. The predicted molar refractivity (Wildman–Crippen MR) is 102 cm³/mol. The zero-order chi connectivity index (χ0) is 19.0. The van der Waals surface area contributed by atoms with Crippen molar-refractivity contribution in [2.45, 2.75) is 6.54 Å². The molecule has 0 saturated carbocycles. The number of aromatic hydroxyl groups is 1. The molecule has 134 valence electrons. The summed E-state index contributed by atoms with van der Waals surface area (Å²) in [5.41, 5.74) is 0.209. The molecule has 8 heteroatoms. The fraction of sp³-hybridized carbons (Fsp3) is 0.0526. The highest BCUT2D eigenvalue weighted by atomic mass is 35.5. The first kappa shape index (κ1) is 17.0. The molecule has 0 saturated heterocycles. The van der Waals surface area contributed by atoms with Gasteiger partial charge in [0.2, 0.25) is 0 Å². The number of aromatic nitrogens is 4. The smallest absolute Gasteiger partial charge is 0.337 e. The van der Waals surface area contributed by atoms with Crippen molar-refractivity contribution >= 4 is 22.6 Å². The van der Waals surface area contributed by atoms with E-state index in [2.05, 4.69) is 9.97 Å². The lowest BCUT2D eigenvalue weighted by Crippen LogP contribution is -2.40. The maximum Gasteiger partial charge on any atom is 0.337 e. The van der Waals surface area contributed by atoms with Crippen molar-refractivity contribution in [3.8, 4) is 11.4 Å². The van der Waals surface area contributed by atoms with Crippen molar-refractivity contribution < 1.29 is 5.11 Å². The average Bonchev–Trinajstić information content (AvgIpc) is 2.67. The number of fused-ring (bicyclic) bond motifs is 1. The molecule has 1 aromatic carbocycles. The third kappa shape index (κ3) is 3.09. The van der Waals surface area contributed by atoms with E-state index in [4.69, 9.17) is 11.6 Å². The Morgan fingerprint density at radius 2 is 1.89 bits per heavy atom. The van der Waals surface area contributed by atoms with Crippen LogP contribution in [-0.2, 0) is 6.54 Å². The number of hydrogen-bond donors (Lipinski definition) is 1. The van der Waals surface area contributed by atoms with E-state index in [1.165, 1.54) is 23.0 Å². The van der Waals surface area contributed by atoms with Crippen molar-refractivity contribution in [1.29, 1.82) is 0 Å². The van der Waals surface area contributed by atoms with E-state index in [0.717, 1.165) is 4.57 Å². The van der Waals surface area contributed by atoms with Gasteiger partial charge in [0.1, 0.15) is 5.75 Å². The first-order valence-electron chi connectivity index (χ1n) is 8.05. The zero-order valence-electron chi connectivity index (χ0n) is 13.9. The summed E-state index contributed by atoms with van der Waals surface area (Å²) in [5, 5.41) is 10.1. The SMILES string of the molecule is O=c1c2cccnc2n(-c2cccc(Cl)c2)c(=O)n1Cc1ccc(O)cn1. The second kappa shape index (κ2) is 6.69. The summed E-state index contributed by atoms with van der Waals surface area (Å²) in [6.07, 6.45) is 2.78. The summed E-state index contributed by atoms with van der Waals surface area (Å²) in [7, 11) is 0. The topological polar surface area (TPSA) is 90.0 Å². The van der Waals surface area contributed by atoms with Crippen LogP contribution in [0.4, 0.5) is 0 Å². The van der Waals surface area contributed by atoms with Crippen LogP contribution in [0.15, 0.2) is 70.5 Å². The molecule has 27 heavy (non-hydrogen) atoms. The molecule has 0 unspecified atom stereocenters. The lowest BCUT2D eigenvalue weighted by Gasteiger charge is -2.13. The van der Waals surface area contributed by atoms with Gasteiger partial charge in [0, 0.05) is 11.2 Å². The summed E-state index contributed by atoms with van der Waals surface area (Å²) in [6, 6.07) is 13.0. The molecule has 4 aromatic rings. The molecular weight excluding hydrogens is 368 g/mol. The van der Waals surface area contributed by atoms with Crippen molar-refractivity contribution in [1.82, 2.24) is 19.1 Å². The van der Waals surface area contributed by atoms with E-state index >= 15 is 0 Å². The first-order chi connectivity index (χ1) is 13.0. The van der Waals surface area contributed by atoms with E-state index in [1.807, 2.05) is 0 Å². The number of nitrogens with zero attached hydrogens (tertiary/aromatic N) is 4. The first-order valence-corrected chi connectivity index (χ1v) is 8.43. The van der Waals surface area contributed by atoms with E-state index < -0.39 is 11.2 Å². The third-order valence-corrected chi connectivity index (χ3v) is 4.33. The van der Waals surface area contributed by atoms with E-state index in [9.17, 15) is 14.7 Å². The summed E-state index contributed by atoms with van der Waals surface area (Å²) >= 11 is 6.08. The van der Waals surface area contributed by atoms with Crippen LogP contribution in [0.5, 0.6) is 5.75 Å². The Hall–Kier alpha value is -3.45. The van der Waals surface area contributed by atoms with Gasteiger partial charge in [-0.1, -0.05) is 17.7 Å². The minimum absolute atomic E-state index is 0.00477. The number of halogens is 1. The normalized spacial score (nSPS) is 11.0. The molecule has 0 spiro atoms. The van der Waals surface area contributed by atoms with Gasteiger partial charge in [-0.2, -0.15) is 0 Å². The molecule has 0 fully saturated rings. The minimum atomic E-state index is -0.552. The monoisotopic (exact) mass is 380 g/mol. The van der Waals surface area contributed by atoms with Gasteiger partial charge >= 0.3 is 5.69 Å². The Morgan fingerprint density at radius 1 is 1.04 bits per heavy atom. The highest BCUT2D eigenvalue weighted by Gasteiger charge is 2.16. The largest absolute Gasteiger partial charge is 0.506 e. The van der Waals surface area contributed by atoms with E-state index in [0.29, 0.717) is 21.8 Å². The van der Waals surface area contributed by atoms with Crippen LogP contribution in [0.1, 0.15) is 5.69 Å². The Balaban J connectivity index is 2.01. The third-order valence-electron chi connectivity index (χ3n) is 4.09. The van der Waals surface area contributed by atoms with Crippen LogP contribution in [0, 0.1) is 0 Å². The van der Waals surface area contributed by atoms with Gasteiger partial charge in [-0.3, -0.25) is 14.3 Å². The summed E-state index contributed by atoms with van der Waals surface area (Å²) in [6.45, 7) is -0.0383. The number of benzene rings is 1. The van der Waals surface area contributed by atoms with Crippen LogP contribution in [0.3, 0.4) is 0 Å². The number of hydrogen-bond acceptors (Lipinski definition) is 5. The van der Waals surface area contributed by atoms with Crippen molar-refractivity contribution in [3.05, 3.63) is 92.5 Å². The summed E-state index contributed by atoms with van der Waals surface area (Å²) < 4.78 is 2.44. The Morgan fingerprint density at radius 3 is 2.63 bits per heavy atom. The molecule has 0 atom stereocenters. The van der Waals surface area contributed by atoms with Gasteiger partial charge in [-0.25, -0.2) is 14.3 Å². The fourth-order valence-corrected chi connectivity index (χ4v) is 3.03. The Bertz CT molecular complexity index is 1260. The number of pyridine rings is 2. The molecule has 0 radical (unpaired) electrons. The molecule has 0 aliphatic heterocycles. The summed E-state index contributed by atoms with van der Waals surface area (Å²) in [5.74, 6) is 0.00477. The minimum Gasteiger partial charge on any atom is -0.506 e. The van der Waals surface area contributed by atoms with Crippen LogP contribution < -0.4 is 11.2 Å². The fourth-order valence-electron chi connectivity index (χ4n) is 2.85. The molecular formula is C19H13ClN4O3. The molecule has 0 amide bonds. The van der Waals surface area contributed by atoms with E-state index in [1.54, 1.807) is 42.5 Å². The van der Waals surface area contributed by atoms with Gasteiger partial charge in [-0.15, -0.1) is 0 Å². The quantitative estimate of drug-likeness (QED) is 0.589. The predicted octanol–water partition coefficient (Wildman–Crippen LogP) is 2.35. The van der Waals surface area contributed by atoms with Crippen molar-refractivity contribution in [2.75, 3.05) is 0 Å². The maximum absolute atomic E-state index is 13.2. The van der Waals surface area contributed by atoms with Gasteiger partial charge in [0.25, 0.3) is 5.56 Å². The van der Waals surface area contributed by atoms with Gasteiger partial charge < -0.3 is 5.11 Å². The molecule has 4 rings (SSSR count). The number of rotatable bonds is 3. The second-order valence-corrected chi connectivity index (χ2v) is 6.31. The standard InChI is InChI=1S/C19H13ClN4O3/c20-12-3-1-4-14(9-12)24-17-16(5-2-8-21-17)18(26)23(19(24)27)11-13-6-7-15(25)10-22-13/h1-10,25H,11H2. The Kier molecular flexibility index (Phi) is 4.21. The molecule has 7 nitrogen and oxygen atoms in total. The van der Waals surface area contributed by atoms with Crippen molar-refractivity contribution in [2.24, 2.45) is 0 Å². The zero-order valence-corrected chi connectivity index (χ0v) is 14.7. The average molecular weight is 381 g/mol. The van der Waals surface area contributed by atoms with Gasteiger partial charge in [-0.05, 0) is 42.5 Å². The highest BCUT2D eigenvalue weighted by molar-refractivity contribution is 6.30.